The van der Waals surface area contributed by atoms with Crippen LogP contribution in [0.4, 0.5) is 30.5 Å². The molecule has 2 bridgehead atoms. The highest BCUT2D eigenvalue weighted by molar-refractivity contribution is 7.99. The summed E-state index contributed by atoms with van der Waals surface area (Å²) in [6.45, 7) is 2.66. The smallest absolute Gasteiger partial charge is 0.366 e. The van der Waals surface area contributed by atoms with E-state index in [2.05, 4.69) is 37.6 Å². The number of carbonyl (C=O) groups is 1. The van der Waals surface area contributed by atoms with Gasteiger partial charge in [-0.1, -0.05) is 0 Å². The number of alkyl halides is 3. The summed E-state index contributed by atoms with van der Waals surface area (Å²) in [5.74, 6) is 1.19. The molecule has 1 amide bonds. The van der Waals surface area contributed by atoms with Crippen LogP contribution in [0.15, 0.2) is 35.4 Å². The minimum atomic E-state index is -4.63. The highest BCUT2D eigenvalue weighted by Gasteiger charge is 2.40. The maximum Gasteiger partial charge on any atom is 0.420 e. The molecule has 2 aromatic heterocycles. The van der Waals surface area contributed by atoms with Crippen LogP contribution in [0.25, 0.3) is 10.6 Å². The van der Waals surface area contributed by atoms with Crippen molar-refractivity contribution >= 4 is 46.3 Å². The van der Waals surface area contributed by atoms with Gasteiger partial charge in [0.25, 0.3) is 5.91 Å². The van der Waals surface area contributed by atoms with E-state index in [1.54, 1.807) is 6.07 Å². The average molecular weight is 599 g/mol. The Hall–Kier alpha value is -2.83. The summed E-state index contributed by atoms with van der Waals surface area (Å²) in [6.07, 6.45) is 1.56. The molecular formula is C29H29F3N6OS2. The van der Waals surface area contributed by atoms with Crippen LogP contribution >= 0.6 is 23.1 Å². The lowest BCUT2D eigenvalue weighted by molar-refractivity contribution is -0.137. The van der Waals surface area contributed by atoms with Gasteiger partial charge in [0.15, 0.2) is 0 Å². The molecule has 2 saturated carbocycles. The Labute approximate surface area is 243 Å². The fourth-order valence-electron chi connectivity index (χ4n) is 6.38. The number of amides is 1. The third-order valence-electron chi connectivity index (χ3n) is 8.75. The number of anilines is 3. The van der Waals surface area contributed by atoms with Crippen LogP contribution in [0.1, 0.15) is 58.8 Å². The number of piperazine rings is 1. The predicted octanol–water partition coefficient (Wildman–Crippen LogP) is 6.11. The molecule has 3 aliphatic heterocycles. The lowest BCUT2D eigenvalue weighted by atomic mass is 10.1. The number of nitrogens with one attached hydrogen (secondary N) is 2. The van der Waals surface area contributed by atoms with Crippen molar-refractivity contribution in [3.63, 3.8) is 0 Å². The molecule has 4 fully saturated rings. The zero-order chi connectivity index (χ0) is 27.9. The van der Waals surface area contributed by atoms with Crippen molar-refractivity contribution in [2.75, 3.05) is 35.6 Å². The van der Waals surface area contributed by atoms with Crippen LogP contribution < -0.4 is 15.5 Å². The molecule has 1 aromatic carbocycles. The third-order valence-corrected chi connectivity index (χ3v) is 11.0. The fraction of sp³-hybridized carbons (Fsp3) is 0.483. The Balaban J connectivity index is 1.13. The Kier molecular flexibility index (Phi) is 6.05. The largest absolute Gasteiger partial charge is 0.420 e. The van der Waals surface area contributed by atoms with Crippen molar-refractivity contribution < 1.29 is 18.0 Å². The summed E-state index contributed by atoms with van der Waals surface area (Å²) in [5, 5.41) is 6.79. The molecule has 7 nitrogen and oxygen atoms in total. The van der Waals surface area contributed by atoms with E-state index in [-0.39, 0.29) is 23.6 Å². The standard InChI is InChI=1S/C29H29F3N6OS2/c30-29(31,32)21-13-34-28(36-25(21)23-11-24-26(41-23)27(39)37(7-8-40-24)17-3-4-17)35-22-6-5-18(10-20(22)15-1-2-15)38-14-16-9-19(38)12-33-16/h5-6,10-11,13,15-17,19,33H,1-4,7-9,12,14H2,(H,34,35,36). The Morgan fingerprint density at radius 1 is 1.07 bits per heavy atom. The number of carbonyl (C=O) groups excluding carboxylic acids is 1. The van der Waals surface area contributed by atoms with E-state index in [0.29, 0.717) is 34.3 Å². The first kappa shape index (κ1) is 25.8. The summed E-state index contributed by atoms with van der Waals surface area (Å²) in [6, 6.07) is 9.33. The van der Waals surface area contributed by atoms with Crippen LogP contribution in [0, 0.1) is 0 Å². The van der Waals surface area contributed by atoms with Crippen molar-refractivity contribution in [2.24, 2.45) is 0 Å². The number of rotatable bonds is 6. The summed E-state index contributed by atoms with van der Waals surface area (Å²) >= 11 is 2.63. The van der Waals surface area contributed by atoms with E-state index in [4.69, 9.17) is 0 Å². The van der Waals surface area contributed by atoms with Crippen molar-refractivity contribution in [2.45, 2.75) is 67.2 Å². The lowest BCUT2D eigenvalue weighted by Crippen LogP contribution is -2.43. The molecule has 2 atom stereocenters. The normalized spacial score (nSPS) is 24.1. The molecule has 0 spiro atoms. The molecule has 2 N–H and O–H groups in total. The van der Waals surface area contributed by atoms with Crippen molar-refractivity contribution in [1.82, 2.24) is 20.2 Å². The van der Waals surface area contributed by atoms with Gasteiger partial charge in [0.1, 0.15) is 10.4 Å². The van der Waals surface area contributed by atoms with Gasteiger partial charge in [0.05, 0.1) is 10.6 Å². The molecule has 12 heteroatoms. The zero-order valence-corrected chi connectivity index (χ0v) is 23.8. The number of halogens is 3. The number of thiophene rings is 1. The molecule has 3 aromatic rings. The number of thioether (sulfide) groups is 1. The van der Waals surface area contributed by atoms with Gasteiger partial charge in [0, 0.05) is 66.0 Å². The molecule has 5 aliphatic rings. The summed E-state index contributed by atoms with van der Waals surface area (Å²) < 4.78 is 42.4. The molecule has 2 unspecified atom stereocenters. The van der Waals surface area contributed by atoms with E-state index in [0.717, 1.165) is 84.6 Å². The lowest BCUT2D eigenvalue weighted by Gasteiger charge is -2.30. The number of aromatic nitrogens is 2. The van der Waals surface area contributed by atoms with Gasteiger partial charge in [-0.05, 0) is 67.9 Å². The van der Waals surface area contributed by atoms with E-state index in [1.807, 2.05) is 11.0 Å². The maximum atomic E-state index is 14.1. The minimum Gasteiger partial charge on any atom is -0.366 e. The third kappa shape index (κ3) is 4.77. The van der Waals surface area contributed by atoms with Gasteiger partial charge in [-0.25, -0.2) is 9.97 Å². The van der Waals surface area contributed by atoms with Crippen LogP contribution in [0.3, 0.4) is 0 Å². The molecule has 214 valence electrons. The summed E-state index contributed by atoms with van der Waals surface area (Å²) in [4.78, 5) is 27.7. The van der Waals surface area contributed by atoms with E-state index >= 15 is 0 Å². The monoisotopic (exact) mass is 598 g/mol. The van der Waals surface area contributed by atoms with E-state index in [1.165, 1.54) is 17.4 Å². The predicted molar refractivity (Wildman–Crippen MR) is 154 cm³/mol. The quantitative estimate of drug-likeness (QED) is 0.355. The second kappa shape index (κ2) is 9.60. The first-order chi connectivity index (χ1) is 19.8. The number of fused-ring (bicyclic) bond motifs is 3. The van der Waals surface area contributed by atoms with Gasteiger partial charge in [-0.15, -0.1) is 23.1 Å². The highest BCUT2D eigenvalue weighted by atomic mass is 32.2. The molecule has 41 heavy (non-hydrogen) atoms. The van der Waals surface area contributed by atoms with Gasteiger partial charge in [-0.2, -0.15) is 13.2 Å². The maximum absolute atomic E-state index is 14.1. The molecular weight excluding hydrogens is 569 g/mol. The topological polar surface area (TPSA) is 73.4 Å². The molecule has 2 aliphatic carbocycles. The van der Waals surface area contributed by atoms with E-state index < -0.39 is 11.7 Å². The second-order valence-electron chi connectivity index (χ2n) is 11.7. The van der Waals surface area contributed by atoms with Crippen LogP contribution in [-0.2, 0) is 6.18 Å². The van der Waals surface area contributed by atoms with E-state index in [9.17, 15) is 18.0 Å². The molecule has 2 saturated heterocycles. The average Bonchev–Trinajstić information content (AvgIpc) is 3.87. The van der Waals surface area contributed by atoms with Crippen LogP contribution in [-0.4, -0.2) is 64.3 Å². The molecule has 5 heterocycles. The first-order valence-corrected chi connectivity index (χ1v) is 16.1. The zero-order valence-electron chi connectivity index (χ0n) is 22.2. The number of benzene rings is 1. The first-order valence-electron chi connectivity index (χ1n) is 14.2. The number of hydrogen-bond acceptors (Lipinski definition) is 8. The number of hydrogen-bond donors (Lipinski definition) is 2. The van der Waals surface area contributed by atoms with Crippen molar-refractivity contribution in [1.29, 1.82) is 0 Å². The summed E-state index contributed by atoms with van der Waals surface area (Å²) in [7, 11) is 0. The SMILES string of the molecule is O=C1c2sc(-c3nc(Nc4ccc(N5CC6CC5CN6)cc4C4CC4)ncc3C(F)(F)F)cc2SCCN1C1CC1. The van der Waals surface area contributed by atoms with Crippen LogP contribution in [0.2, 0.25) is 0 Å². The van der Waals surface area contributed by atoms with Gasteiger partial charge >= 0.3 is 6.18 Å². The second-order valence-corrected chi connectivity index (χ2v) is 13.8. The molecule has 8 rings (SSSR count). The van der Waals surface area contributed by atoms with Crippen molar-refractivity contribution in [3.8, 4) is 10.6 Å². The van der Waals surface area contributed by atoms with Crippen molar-refractivity contribution in [3.05, 3.63) is 46.5 Å². The summed E-state index contributed by atoms with van der Waals surface area (Å²) in [5.41, 5.74) is 2.10. The highest BCUT2D eigenvalue weighted by Crippen LogP contribution is 2.47. The van der Waals surface area contributed by atoms with Crippen LogP contribution in [0.5, 0.6) is 0 Å². The van der Waals surface area contributed by atoms with Gasteiger partial charge < -0.3 is 20.4 Å². The number of nitrogens with zero attached hydrogens (tertiary/aromatic N) is 4. The van der Waals surface area contributed by atoms with Gasteiger partial charge in [0.2, 0.25) is 5.95 Å². The molecule has 0 radical (unpaired) electrons. The Morgan fingerprint density at radius 3 is 2.63 bits per heavy atom. The van der Waals surface area contributed by atoms with Gasteiger partial charge in [-0.3, -0.25) is 4.79 Å². The minimum absolute atomic E-state index is 0.0825. The Bertz CT molecular complexity index is 1540. The fourth-order valence-corrected chi connectivity index (χ4v) is 8.69. The Morgan fingerprint density at radius 2 is 1.93 bits per heavy atom.